The molecule has 0 aliphatic carbocycles. The number of ether oxygens (including phenoxy) is 2. The van der Waals surface area contributed by atoms with Crippen LogP contribution in [0.5, 0.6) is 12.0 Å². The van der Waals surface area contributed by atoms with Crippen LogP contribution in [0.2, 0.25) is 0 Å². The maximum absolute atomic E-state index is 4.97. The molecule has 2 rings (SSSR count). The first-order chi connectivity index (χ1) is 9.22. The van der Waals surface area contributed by atoms with Crippen molar-refractivity contribution >= 4 is 5.95 Å². The van der Waals surface area contributed by atoms with Crippen molar-refractivity contribution in [1.29, 1.82) is 0 Å². The van der Waals surface area contributed by atoms with E-state index in [9.17, 15) is 0 Å². The number of rotatable bonds is 6. The zero-order valence-electron chi connectivity index (χ0n) is 11.1. The van der Waals surface area contributed by atoms with E-state index in [4.69, 9.17) is 9.47 Å². The SMILES string of the molecule is COc1nc(NCCc2ccnn2C)nc(OC)n1. The molecule has 0 aliphatic rings. The second-order valence-electron chi connectivity index (χ2n) is 3.76. The molecule has 8 nitrogen and oxygen atoms in total. The quantitative estimate of drug-likeness (QED) is 0.801. The molecule has 0 unspecified atom stereocenters. The summed E-state index contributed by atoms with van der Waals surface area (Å²) in [5, 5.41) is 7.20. The van der Waals surface area contributed by atoms with Gasteiger partial charge in [-0.1, -0.05) is 0 Å². The molecule has 8 heteroatoms. The summed E-state index contributed by atoms with van der Waals surface area (Å²) in [5.41, 5.74) is 1.13. The van der Waals surface area contributed by atoms with Gasteiger partial charge in [-0.3, -0.25) is 4.68 Å². The van der Waals surface area contributed by atoms with Gasteiger partial charge < -0.3 is 14.8 Å². The van der Waals surface area contributed by atoms with Crippen molar-refractivity contribution in [3.8, 4) is 12.0 Å². The van der Waals surface area contributed by atoms with Gasteiger partial charge in [0.15, 0.2) is 0 Å². The first kappa shape index (κ1) is 13.1. The van der Waals surface area contributed by atoms with Crippen LogP contribution in [0.15, 0.2) is 12.3 Å². The summed E-state index contributed by atoms with van der Waals surface area (Å²) in [6, 6.07) is 2.40. The molecular formula is C11H16N6O2. The summed E-state index contributed by atoms with van der Waals surface area (Å²) in [4.78, 5) is 12.1. The van der Waals surface area contributed by atoms with Crippen LogP contribution in [0.25, 0.3) is 0 Å². The molecule has 0 saturated heterocycles. The number of hydrogen-bond acceptors (Lipinski definition) is 7. The summed E-state index contributed by atoms with van der Waals surface area (Å²) in [5.74, 6) is 0.422. The molecule has 0 aromatic carbocycles. The molecule has 102 valence electrons. The van der Waals surface area contributed by atoms with Crippen molar-refractivity contribution in [2.24, 2.45) is 7.05 Å². The van der Waals surface area contributed by atoms with Crippen LogP contribution in [-0.2, 0) is 13.5 Å². The van der Waals surface area contributed by atoms with Gasteiger partial charge in [0.25, 0.3) is 0 Å². The Bertz CT molecular complexity index is 519. The van der Waals surface area contributed by atoms with Crippen LogP contribution in [-0.4, -0.2) is 45.5 Å². The van der Waals surface area contributed by atoms with Crippen LogP contribution in [0.3, 0.4) is 0 Å². The normalized spacial score (nSPS) is 10.3. The van der Waals surface area contributed by atoms with Gasteiger partial charge in [-0.25, -0.2) is 0 Å². The minimum Gasteiger partial charge on any atom is -0.467 e. The predicted molar refractivity (Wildman–Crippen MR) is 68.3 cm³/mol. The Morgan fingerprint density at radius 2 is 1.84 bits per heavy atom. The molecule has 0 aliphatic heterocycles. The summed E-state index contributed by atoms with van der Waals surface area (Å²) in [7, 11) is 4.90. The fourth-order valence-electron chi connectivity index (χ4n) is 1.55. The number of anilines is 1. The number of aryl methyl sites for hydroxylation is 1. The highest BCUT2D eigenvalue weighted by atomic mass is 16.5. The highest BCUT2D eigenvalue weighted by Gasteiger charge is 2.06. The average molecular weight is 264 g/mol. The van der Waals surface area contributed by atoms with Gasteiger partial charge >= 0.3 is 12.0 Å². The Morgan fingerprint density at radius 3 is 2.37 bits per heavy atom. The topological polar surface area (TPSA) is 87.0 Å². The standard InChI is InChI=1S/C11H16N6O2/c1-17-8(5-7-13-17)4-6-12-9-14-10(18-2)16-11(15-9)19-3/h5,7H,4,6H2,1-3H3,(H,12,14,15,16). The fourth-order valence-corrected chi connectivity index (χ4v) is 1.55. The third kappa shape index (κ3) is 3.30. The van der Waals surface area contributed by atoms with Gasteiger partial charge in [-0.2, -0.15) is 15.1 Å². The van der Waals surface area contributed by atoms with Crippen LogP contribution >= 0.6 is 0 Å². The zero-order chi connectivity index (χ0) is 13.7. The smallest absolute Gasteiger partial charge is 0.324 e. The van der Waals surface area contributed by atoms with Gasteiger partial charge in [0.2, 0.25) is 5.95 Å². The number of nitrogens with one attached hydrogen (secondary N) is 1. The lowest BCUT2D eigenvalue weighted by Gasteiger charge is -2.07. The predicted octanol–water partition coefficient (Wildman–Crippen LogP) is 0.277. The van der Waals surface area contributed by atoms with E-state index in [0.29, 0.717) is 12.5 Å². The summed E-state index contributed by atoms with van der Waals surface area (Å²) < 4.78 is 11.8. The largest absolute Gasteiger partial charge is 0.467 e. The first-order valence-electron chi connectivity index (χ1n) is 5.77. The minimum atomic E-state index is 0.217. The van der Waals surface area contributed by atoms with E-state index in [-0.39, 0.29) is 12.0 Å². The Morgan fingerprint density at radius 1 is 1.16 bits per heavy atom. The van der Waals surface area contributed by atoms with Crippen molar-refractivity contribution < 1.29 is 9.47 Å². The lowest BCUT2D eigenvalue weighted by Crippen LogP contribution is -2.11. The number of methoxy groups -OCH3 is 2. The third-order valence-corrected chi connectivity index (χ3v) is 2.55. The highest BCUT2D eigenvalue weighted by molar-refractivity contribution is 5.27. The van der Waals surface area contributed by atoms with Crippen molar-refractivity contribution in [3.63, 3.8) is 0 Å². The average Bonchev–Trinajstić information content (AvgIpc) is 2.84. The van der Waals surface area contributed by atoms with E-state index in [2.05, 4.69) is 25.4 Å². The number of aromatic nitrogens is 5. The molecule has 0 spiro atoms. The molecule has 2 aromatic rings. The molecule has 0 bridgehead atoms. The summed E-state index contributed by atoms with van der Waals surface area (Å²) >= 11 is 0. The molecule has 0 amide bonds. The first-order valence-corrected chi connectivity index (χ1v) is 5.77. The fraction of sp³-hybridized carbons (Fsp3) is 0.455. The van der Waals surface area contributed by atoms with Crippen molar-refractivity contribution in [1.82, 2.24) is 24.7 Å². The number of nitrogens with zero attached hydrogens (tertiary/aromatic N) is 5. The molecular weight excluding hydrogens is 248 g/mol. The molecule has 0 atom stereocenters. The van der Waals surface area contributed by atoms with E-state index in [1.807, 2.05) is 17.8 Å². The van der Waals surface area contributed by atoms with E-state index in [1.165, 1.54) is 14.2 Å². The zero-order valence-corrected chi connectivity index (χ0v) is 11.1. The molecule has 1 N–H and O–H groups in total. The highest BCUT2D eigenvalue weighted by Crippen LogP contribution is 2.11. The number of hydrogen-bond donors (Lipinski definition) is 1. The Hall–Kier alpha value is -2.38. The molecule has 19 heavy (non-hydrogen) atoms. The second-order valence-corrected chi connectivity index (χ2v) is 3.76. The lowest BCUT2D eigenvalue weighted by molar-refractivity contribution is 0.341. The Balaban J connectivity index is 1.97. The molecule has 0 radical (unpaired) electrons. The van der Waals surface area contributed by atoms with Gasteiger partial charge in [-0.05, 0) is 6.07 Å². The molecule has 0 saturated carbocycles. The van der Waals surface area contributed by atoms with E-state index < -0.39 is 0 Å². The maximum Gasteiger partial charge on any atom is 0.324 e. The second kappa shape index (κ2) is 5.98. The van der Waals surface area contributed by atoms with Gasteiger partial charge in [-0.15, -0.1) is 4.98 Å². The lowest BCUT2D eigenvalue weighted by atomic mass is 10.3. The van der Waals surface area contributed by atoms with Crippen LogP contribution < -0.4 is 14.8 Å². The molecule has 0 fully saturated rings. The van der Waals surface area contributed by atoms with E-state index >= 15 is 0 Å². The van der Waals surface area contributed by atoms with Crippen LogP contribution in [0.1, 0.15) is 5.69 Å². The van der Waals surface area contributed by atoms with Crippen molar-refractivity contribution in [2.45, 2.75) is 6.42 Å². The van der Waals surface area contributed by atoms with E-state index in [0.717, 1.165) is 12.1 Å². The minimum absolute atomic E-state index is 0.217. The van der Waals surface area contributed by atoms with Crippen LogP contribution in [0, 0.1) is 0 Å². The van der Waals surface area contributed by atoms with Crippen molar-refractivity contribution in [3.05, 3.63) is 18.0 Å². The molecule has 2 aromatic heterocycles. The van der Waals surface area contributed by atoms with Gasteiger partial charge in [0.05, 0.1) is 14.2 Å². The van der Waals surface area contributed by atoms with Crippen molar-refractivity contribution in [2.75, 3.05) is 26.1 Å². The third-order valence-electron chi connectivity index (χ3n) is 2.55. The summed E-state index contributed by atoms with van der Waals surface area (Å²) in [6.07, 6.45) is 2.58. The molecule has 2 heterocycles. The Kier molecular flexibility index (Phi) is 4.11. The van der Waals surface area contributed by atoms with Crippen LogP contribution in [0.4, 0.5) is 5.95 Å². The summed E-state index contributed by atoms with van der Waals surface area (Å²) in [6.45, 7) is 0.676. The maximum atomic E-state index is 4.97. The Labute approximate surface area is 110 Å². The van der Waals surface area contributed by atoms with Gasteiger partial charge in [0, 0.05) is 31.9 Å². The van der Waals surface area contributed by atoms with E-state index in [1.54, 1.807) is 6.20 Å². The monoisotopic (exact) mass is 264 g/mol. The van der Waals surface area contributed by atoms with Gasteiger partial charge in [0.1, 0.15) is 0 Å².